The van der Waals surface area contributed by atoms with Gasteiger partial charge in [0.25, 0.3) is 0 Å². The number of carbonyl (C=O) groups is 1. The Kier molecular flexibility index (Phi) is 4.16. The van der Waals surface area contributed by atoms with Gasteiger partial charge in [0.2, 0.25) is 5.91 Å². The Morgan fingerprint density at radius 3 is 2.91 bits per heavy atom. The fourth-order valence-corrected chi connectivity index (χ4v) is 2.13. The van der Waals surface area contributed by atoms with Crippen molar-refractivity contribution in [3.8, 4) is 0 Å². The fourth-order valence-electron chi connectivity index (χ4n) is 2.01. The molecule has 0 unspecified atom stereocenters. The maximum Gasteiger partial charge on any atom is 0.244 e. The highest BCUT2D eigenvalue weighted by atomic mass is 35.5. The molecule has 5 nitrogen and oxygen atoms in total. The molecule has 0 aliphatic heterocycles. The van der Waals surface area contributed by atoms with Gasteiger partial charge in [-0.05, 0) is 35.9 Å². The molecule has 22 heavy (non-hydrogen) atoms. The number of aromatic nitrogens is 3. The summed E-state index contributed by atoms with van der Waals surface area (Å²) in [6.45, 7) is 0.448. The second kappa shape index (κ2) is 6.41. The molecule has 3 rings (SSSR count). The van der Waals surface area contributed by atoms with Crippen molar-refractivity contribution in [3.63, 3.8) is 0 Å². The van der Waals surface area contributed by atoms with Crippen LogP contribution in [0.5, 0.6) is 0 Å². The van der Waals surface area contributed by atoms with Crippen LogP contribution < -0.4 is 5.32 Å². The van der Waals surface area contributed by atoms with Gasteiger partial charge in [0, 0.05) is 29.2 Å². The summed E-state index contributed by atoms with van der Waals surface area (Å²) in [5.41, 5.74) is 2.37. The third kappa shape index (κ3) is 3.32. The van der Waals surface area contributed by atoms with Crippen LogP contribution in [0.15, 0.2) is 48.7 Å². The summed E-state index contributed by atoms with van der Waals surface area (Å²) in [5, 5.41) is 11.3. The minimum atomic E-state index is -0.185. The van der Waals surface area contributed by atoms with E-state index < -0.39 is 0 Å². The molecule has 2 N–H and O–H groups in total. The van der Waals surface area contributed by atoms with Crippen LogP contribution in [0.1, 0.15) is 11.3 Å². The summed E-state index contributed by atoms with van der Waals surface area (Å²) < 4.78 is 0. The van der Waals surface area contributed by atoms with E-state index in [1.807, 2.05) is 24.3 Å². The van der Waals surface area contributed by atoms with E-state index in [9.17, 15) is 4.79 Å². The van der Waals surface area contributed by atoms with Crippen LogP contribution in [-0.4, -0.2) is 21.1 Å². The average molecular weight is 313 g/mol. The summed E-state index contributed by atoms with van der Waals surface area (Å²) in [5.74, 6) is -0.185. The Balaban J connectivity index is 1.62. The smallest absolute Gasteiger partial charge is 0.244 e. The van der Waals surface area contributed by atoms with Crippen LogP contribution in [0.4, 0.5) is 0 Å². The summed E-state index contributed by atoms with van der Waals surface area (Å²) in [4.78, 5) is 16.0. The minimum absolute atomic E-state index is 0.185. The zero-order chi connectivity index (χ0) is 15.4. The maximum atomic E-state index is 11.8. The molecule has 0 atom stereocenters. The standard InChI is InChI=1S/C16H13ClN4O/c17-12-5-3-11(4-6-12)10-19-15(22)8-7-14-13-2-1-9-18-16(13)21-20-14/h1-9H,10H2,(H,19,22)(H,18,20,21)/b8-7+. The number of aromatic amines is 1. The van der Waals surface area contributed by atoms with Gasteiger partial charge in [0.1, 0.15) is 0 Å². The lowest BCUT2D eigenvalue weighted by Gasteiger charge is -2.02. The molecule has 0 saturated carbocycles. The van der Waals surface area contributed by atoms with Gasteiger partial charge in [-0.1, -0.05) is 23.7 Å². The molecule has 2 heterocycles. The maximum absolute atomic E-state index is 11.8. The van der Waals surface area contributed by atoms with Crippen molar-refractivity contribution >= 4 is 34.6 Å². The Labute approximate surface area is 132 Å². The number of amides is 1. The van der Waals surface area contributed by atoms with E-state index in [4.69, 9.17) is 11.6 Å². The number of fused-ring (bicyclic) bond motifs is 1. The van der Waals surface area contributed by atoms with Crippen molar-refractivity contribution in [1.29, 1.82) is 0 Å². The van der Waals surface area contributed by atoms with Crippen molar-refractivity contribution in [3.05, 3.63) is 65.0 Å². The number of nitrogens with one attached hydrogen (secondary N) is 2. The van der Waals surface area contributed by atoms with Gasteiger partial charge >= 0.3 is 0 Å². The van der Waals surface area contributed by atoms with Crippen LogP contribution in [0.3, 0.4) is 0 Å². The van der Waals surface area contributed by atoms with E-state index in [2.05, 4.69) is 20.5 Å². The number of hydrogen-bond donors (Lipinski definition) is 2. The molecule has 0 aliphatic carbocycles. The number of carbonyl (C=O) groups excluding carboxylic acids is 1. The van der Waals surface area contributed by atoms with Crippen LogP contribution >= 0.6 is 11.6 Å². The highest BCUT2D eigenvalue weighted by Gasteiger charge is 2.03. The molecule has 1 amide bonds. The molecule has 0 bridgehead atoms. The Morgan fingerprint density at radius 1 is 1.27 bits per heavy atom. The Morgan fingerprint density at radius 2 is 2.09 bits per heavy atom. The van der Waals surface area contributed by atoms with Crippen molar-refractivity contribution < 1.29 is 4.79 Å². The summed E-state index contributed by atoms with van der Waals surface area (Å²) in [6.07, 6.45) is 4.81. The monoisotopic (exact) mass is 312 g/mol. The molecule has 0 fully saturated rings. The van der Waals surface area contributed by atoms with E-state index in [1.165, 1.54) is 6.08 Å². The fraction of sp³-hybridized carbons (Fsp3) is 0.0625. The van der Waals surface area contributed by atoms with E-state index in [0.717, 1.165) is 10.9 Å². The van der Waals surface area contributed by atoms with Gasteiger partial charge in [-0.25, -0.2) is 4.98 Å². The first-order valence-corrected chi connectivity index (χ1v) is 7.09. The number of H-pyrrole nitrogens is 1. The number of rotatable bonds is 4. The van der Waals surface area contributed by atoms with Gasteiger partial charge in [0.15, 0.2) is 5.65 Å². The summed E-state index contributed by atoms with van der Waals surface area (Å²) in [6, 6.07) is 11.1. The quantitative estimate of drug-likeness (QED) is 0.728. The third-order valence-electron chi connectivity index (χ3n) is 3.14. The second-order valence-electron chi connectivity index (χ2n) is 4.69. The first kappa shape index (κ1) is 14.3. The SMILES string of the molecule is O=C(/C=C/c1n[nH]c2ncccc12)NCc1ccc(Cl)cc1. The minimum Gasteiger partial charge on any atom is -0.348 e. The molecule has 2 aromatic heterocycles. The number of benzene rings is 1. The summed E-state index contributed by atoms with van der Waals surface area (Å²) >= 11 is 5.82. The number of halogens is 1. The molecular weight excluding hydrogens is 300 g/mol. The number of pyridine rings is 1. The average Bonchev–Trinajstić information content (AvgIpc) is 2.96. The molecule has 1 aromatic carbocycles. The molecule has 0 aliphatic rings. The molecule has 110 valence electrons. The van der Waals surface area contributed by atoms with Crippen LogP contribution in [-0.2, 0) is 11.3 Å². The van der Waals surface area contributed by atoms with Gasteiger partial charge in [-0.2, -0.15) is 5.10 Å². The first-order chi connectivity index (χ1) is 10.7. The zero-order valence-electron chi connectivity index (χ0n) is 11.6. The van der Waals surface area contributed by atoms with Gasteiger partial charge in [-0.3, -0.25) is 9.89 Å². The second-order valence-corrected chi connectivity index (χ2v) is 5.12. The molecule has 6 heteroatoms. The largest absolute Gasteiger partial charge is 0.348 e. The highest BCUT2D eigenvalue weighted by Crippen LogP contribution is 2.14. The van der Waals surface area contributed by atoms with Gasteiger partial charge < -0.3 is 5.32 Å². The van der Waals surface area contributed by atoms with Crippen LogP contribution in [0.2, 0.25) is 5.02 Å². The lowest BCUT2D eigenvalue weighted by Crippen LogP contribution is -2.20. The van der Waals surface area contributed by atoms with E-state index in [0.29, 0.717) is 22.9 Å². The number of nitrogens with zero attached hydrogens (tertiary/aromatic N) is 2. The Bertz CT molecular complexity index is 824. The molecule has 0 radical (unpaired) electrons. The van der Waals surface area contributed by atoms with Crippen molar-refractivity contribution in [1.82, 2.24) is 20.5 Å². The predicted octanol–water partition coefficient (Wildman–Crippen LogP) is 2.94. The molecule has 3 aromatic rings. The third-order valence-corrected chi connectivity index (χ3v) is 3.39. The molecule has 0 saturated heterocycles. The van der Waals surface area contributed by atoms with Crippen molar-refractivity contribution in [2.75, 3.05) is 0 Å². The normalized spacial score (nSPS) is 11.1. The van der Waals surface area contributed by atoms with Gasteiger partial charge in [-0.15, -0.1) is 0 Å². The topological polar surface area (TPSA) is 70.7 Å². The van der Waals surface area contributed by atoms with Crippen molar-refractivity contribution in [2.45, 2.75) is 6.54 Å². The Hall–Kier alpha value is -2.66. The molecule has 0 spiro atoms. The lowest BCUT2D eigenvalue weighted by molar-refractivity contribution is -0.116. The van der Waals surface area contributed by atoms with Crippen LogP contribution in [0, 0.1) is 0 Å². The predicted molar refractivity (Wildman–Crippen MR) is 86.2 cm³/mol. The van der Waals surface area contributed by atoms with Crippen LogP contribution in [0.25, 0.3) is 17.1 Å². The number of hydrogen-bond acceptors (Lipinski definition) is 3. The molecular formula is C16H13ClN4O. The van der Waals surface area contributed by atoms with E-state index >= 15 is 0 Å². The van der Waals surface area contributed by atoms with Crippen molar-refractivity contribution in [2.24, 2.45) is 0 Å². The lowest BCUT2D eigenvalue weighted by atomic mass is 10.2. The van der Waals surface area contributed by atoms with Gasteiger partial charge in [0.05, 0.1) is 5.69 Å². The summed E-state index contributed by atoms with van der Waals surface area (Å²) in [7, 11) is 0. The first-order valence-electron chi connectivity index (χ1n) is 6.72. The van der Waals surface area contributed by atoms with E-state index in [1.54, 1.807) is 24.4 Å². The van der Waals surface area contributed by atoms with E-state index in [-0.39, 0.29) is 5.91 Å². The highest BCUT2D eigenvalue weighted by molar-refractivity contribution is 6.30. The zero-order valence-corrected chi connectivity index (χ0v) is 12.3.